The van der Waals surface area contributed by atoms with E-state index in [4.69, 9.17) is 37.8 Å². The van der Waals surface area contributed by atoms with E-state index in [9.17, 15) is 9.59 Å². The summed E-state index contributed by atoms with van der Waals surface area (Å²) in [4.78, 5) is 29.2. The Morgan fingerprint density at radius 2 is 1.38 bits per heavy atom. The van der Waals surface area contributed by atoms with Crippen LogP contribution in [0.2, 0.25) is 10.0 Å². The summed E-state index contributed by atoms with van der Waals surface area (Å²) in [6.07, 6.45) is 3.22. The van der Waals surface area contributed by atoms with Crippen molar-refractivity contribution < 1.29 is 28.9 Å². The van der Waals surface area contributed by atoms with Crippen molar-refractivity contribution in [2.75, 3.05) is 27.4 Å². The zero-order chi connectivity index (χ0) is 28.1. The number of rotatable bonds is 6. The highest BCUT2D eigenvalue weighted by Crippen LogP contribution is 2.34. The van der Waals surface area contributed by atoms with Gasteiger partial charge in [0.15, 0.2) is 0 Å². The molecule has 11 heteroatoms. The van der Waals surface area contributed by atoms with Crippen LogP contribution in [0.5, 0.6) is 5.75 Å². The van der Waals surface area contributed by atoms with Crippen molar-refractivity contribution >= 4 is 72.9 Å². The molecule has 0 aliphatic heterocycles. The van der Waals surface area contributed by atoms with Crippen LogP contribution in [-0.4, -0.2) is 54.4 Å². The maximum atomic E-state index is 11.9. The maximum Gasteiger partial charge on any atom is 0.340 e. The van der Waals surface area contributed by atoms with E-state index in [1.54, 1.807) is 30.6 Å². The Morgan fingerprint density at radius 1 is 0.846 bits per heavy atom. The third-order valence-electron chi connectivity index (χ3n) is 5.83. The third-order valence-corrected chi connectivity index (χ3v) is 7.34. The van der Waals surface area contributed by atoms with Crippen LogP contribution in [-0.2, 0) is 9.47 Å². The van der Waals surface area contributed by atoms with Gasteiger partial charge in [-0.1, -0.05) is 35.3 Å². The number of aromatic amines is 2. The Morgan fingerprint density at radius 3 is 1.92 bits per heavy atom. The average Bonchev–Trinajstić information content (AvgIpc) is 3.55. The van der Waals surface area contributed by atoms with Gasteiger partial charge in [-0.15, -0.1) is 0 Å². The SMILES string of the molecule is COC(=O)c1c[nH]c2cc(Cl)c(-c3ccc(OCCO)cc3)cc12.COC(=O)c1c[nH]c2cc(Cl)c(Br)cc12. The van der Waals surface area contributed by atoms with Gasteiger partial charge in [-0.3, -0.25) is 0 Å². The fourth-order valence-corrected chi connectivity index (χ4v) is 4.71. The van der Waals surface area contributed by atoms with Gasteiger partial charge in [0.25, 0.3) is 0 Å². The molecule has 0 atom stereocenters. The van der Waals surface area contributed by atoms with Crippen LogP contribution in [0.3, 0.4) is 0 Å². The standard InChI is InChI=1S/C18H16ClNO4.C10H7BrClNO2/c1-23-18(22)15-10-20-17-9-16(19)13(8-14(15)17)11-2-4-12(5-3-11)24-7-6-21;1-15-10(14)6-4-13-9-3-8(12)7(11)2-5(6)9/h2-5,8-10,20-21H,6-7H2,1H3;2-4,13H,1H3. The number of hydrogen-bond acceptors (Lipinski definition) is 6. The van der Waals surface area contributed by atoms with Crippen LogP contribution < -0.4 is 4.74 Å². The molecule has 0 aliphatic rings. The average molecular weight is 634 g/mol. The minimum atomic E-state index is -0.401. The number of methoxy groups -OCH3 is 2. The molecule has 0 amide bonds. The van der Waals surface area contributed by atoms with Crippen molar-refractivity contribution in [1.82, 2.24) is 9.97 Å². The van der Waals surface area contributed by atoms with E-state index in [2.05, 4.69) is 30.6 Å². The summed E-state index contributed by atoms with van der Waals surface area (Å²) in [6.45, 7) is 0.214. The lowest BCUT2D eigenvalue weighted by Gasteiger charge is -2.08. The molecule has 3 N–H and O–H groups in total. The first-order valence-electron chi connectivity index (χ1n) is 11.5. The normalized spacial score (nSPS) is 10.7. The van der Waals surface area contributed by atoms with Crippen molar-refractivity contribution in [3.8, 4) is 16.9 Å². The molecular weight excluding hydrogens is 611 g/mol. The lowest BCUT2D eigenvalue weighted by atomic mass is 10.0. The molecule has 39 heavy (non-hydrogen) atoms. The van der Waals surface area contributed by atoms with Crippen molar-refractivity contribution in [2.24, 2.45) is 0 Å². The number of esters is 2. The maximum absolute atomic E-state index is 11.9. The molecular formula is C28H23BrCl2N2O6. The number of H-pyrrole nitrogens is 2. The second kappa shape index (κ2) is 12.6. The first kappa shape index (κ1) is 28.5. The predicted molar refractivity (Wildman–Crippen MR) is 155 cm³/mol. The third kappa shape index (κ3) is 6.23. The summed E-state index contributed by atoms with van der Waals surface area (Å²) in [5, 5.41) is 11.5. The number of halogens is 3. The van der Waals surface area contributed by atoms with Gasteiger partial charge in [0, 0.05) is 44.2 Å². The number of carbonyl (C=O) groups is 2. The van der Waals surface area contributed by atoms with Gasteiger partial charge in [0.05, 0.1) is 42.0 Å². The Hall–Kier alpha value is -3.50. The van der Waals surface area contributed by atoms with Gasteiger partial charge >= 0.3 is 11.9 Å². The molecule has 202 valence electrons. The summed E-state index contributed by atoms with van der Waals surface area (Å²) < 4.78 is 15.6. The molecule has 0 fully saturated rings. The number of aliphatic hydroxyl groups is 1. The number of ether oxygens (including phenoxy) is 3. The molecule has 8 nitrogen and oxygen atoms in total. The number of aliphatic hydroxyl groups excluding tert-OH is 1. The lowest BCUT2D eigenvalue weighted by Crippen LogP contribution is -2.01. The lowest BCUT2D eigenvalue weighted by molar-refractivity contribution is 0.0594. The molecule has 2 aromatic heterocycles. The fraction of sp³-hybridized carbons (Fsp3) is 0.143. The minimum absolute atomic E-state index is 0.0337. The smallest absolute Gasteiger partial charge is 0.340 e. The molecule has 0 aliphatic carbocycles. The minimum Gasteiger partial charge on any atom is -0.491 e. The van der Waals surface area contributed by atoms with Crippen molar-refractivity contribution in [3.05, 3.63) is 86.6 Å². The van der Waals surface area contributed by atoms with Gasteiger partial charge < -0.3 is 29.3 Å². The summed E-state index contributed by atoms with van der Waals surface area (Å²) in [5.41, 5.74) is 4.26. The van der Waals surface area contributed by atoms with Gasteiger partial charge in [0.2, 0.25) is 0 Å². The van der Waals surface area contributed by atoms with E-state index < -0.39 is 5.97 Å². The highest BCUT2D eigenvalue weighted by molar-refractivity contribution is 9.10. The summed E-state index contributed by atoms with van der Waals surface area (Å²) in [6, 6.07) is 14.6. The second-order valence-corrected chi connectivity index (χ2v) is 9.84. The Labute approximate surface area is 241 Å². The fourth-order valence-electron chi connectivity index (χ4n) is 3.93. The van der Waals surface area contributed by atoms with E-state index in [0.29, 0.717) is 26.9 Å². The van der Waals surface area contributed by atoms with Gasteiger partial charge in [-0.25, -0.2) is 9.59 Å². The van der Waals surface area contributed by atoms with Crippen molar-refractivity contribution in [2.45, 2.75) is 0 Å². The molecule has 3 aromatic carbocycles. The topological polar surface area (TPSA) is 114 Å². The largest absolute Gasteiger partial charge is 0.491 e. The van der Waals surface area contributed by atoms with E-state index in [0.717, 1.165) is 37.4 Å². The Bertz CT molecular complexity index is 1650. The number of carbonyl (C=O) groups excluding carboxylic acids is 2. The molecule has 0 spiro atoms. The van der Waals surface area contributed by atoms with Gasteiger partial charge in [-0.05, 0) is 57.9 Å². The van der Waals surface area contributed by atoms with Crippen LogP contribution in [0.15, 0.2) is 65.4 Å². The monoisotopic (exact) mass is 632 g/mol. The Kier molecular flexibility index (Phi) is 9.19. The summed E-state index contributed by atoms with van der Waals surface area (Å²) in [5.74, 6) is -0.0976. The number of nitrogens with one attached hydrogen (secondary N) is 2. The number of aromatic nitrogens is 2. The summed E-state index contributed by atoms with van der Waals surface area (Å²) in [7, 11) is 2.70. The molecule has 5 rings (SSSR count). The molecule has 0 radical (unpaired) electrons. The van der Waals surface area contributed by atoms with E-state index in [-0.39, 0.29) is 19.2 Å². The molecule has 0 unspecified atom stereocenters. The molecule has 0 bridgehead atoms. The number of hydrogen-bond donors (Lipinski definition) is 3. The first-order valence-corrected chi connectivity index (χ1v) is 13.1. The van der Waals surface area contributed by atoms with E-state index in [1.165, 1.54) is 14.2 Å². The molecule has 2 heterocycles. The summed E-state index contributed by atoms with van der Waals surface area (Å²) >= 11 is 15.6. The molecule has 0 saturated heterocycles. The van der Waals surface area contributed by atoms with Crippen LogP contribution in [0, 0.1) is 0 Å². The highest BCUT2D eigenvalue weighted by Gasteiger charge is 2.16. The molecule has 5 aromatic rings. The van der Waals surface area contributed by atoms with Gasteiger partial charge in [-0.2, -0.15) is 0 Å². The molecule has 0 saturated carbocycles. The number of fused-ring (bicyclic) bond motifs is 2. The highest BCUT2D eigenvalue weighted by atomic mass is 79.9. The zero-order valence-corrected chi connectivity index (χ0v) is 23.9. The number of benzene rings is 3. The van der Waals surface area contributed by atoms with Crippen molar-refractivity contribution in [3.63, 3.8) is 0 Å². The predicted octanol–water partition coefficient (Wildman–Crippen LogP) is 7.02. The Balaban J connectivity index is 0.000000202. The van der Waals surface area contributed by atoms with Crippen LogP contribution >= 0.6 is 39.1 Å². The van der Waals surface area contributed by atoms with Crippen LogP contribution in [0.4, 0.5) is 0 Å². The van der Waals surface area contributed by atoms with Crippen molar-refractivity contribution in [1.29, 1.82) is 0 Å². The quantitative estimate of drug-likeness (QED) is 0.173. The second-order valence-electron chi connectivity index (χ2n) is 8.17. The first-order chi connectivity index (χ1) is 18.8. The van der Waals surface area contributed by atoms with E-state index in [1.807, 2.05) is 30.3 Å². The van der Waals surface area contributed by atoms with E-state index >= 15 is 0 Å². The van der Waals surface area contributed by atoms with Crippen LogP contribution in [0.25, 0.3) is 32.9 Å². The zero-order valence-electron chi connectivity index (χ0n) is 20.8. The van der Waals surface area contributed by atoms with Gasteiger partial charge in [0.1, 0.15) is 12.4 Å². The van der Waals surface area contributed by atoms with Crippen LogP contribution in [0.1, 0.15) is 20.7 Å².